The van der Waals surface area contributed by atoms with Crippen LogP contribution in [0.15, 0.2) is 66.7 Å². The summed E-state index contributed by atoms with van der Waals surface area (Å²) < 4.78 is 22.1. The Balaban J connectivity index is 1.49. The summed E-state index contributed by atoms with van der Waals surface area (Å²) in [5.74, 6) is -12.0. The minimum absolute atomic E-state index is 0.00383. The lowest BCUT2D eigenvalue weighted by molar-refractivity contribution is -0.214. The topological polar surface area (TPSA) is 308 Å². The van der Waals surface area contributed by atoms with Crippen molar-refractivity contribution in [1.29, 1.82) is 0 Å². The molecular weight excluding hydrogens is 732 g/mol. The van der Waals surface area contributed by atoms with Crippen LogP contribution < -0.4 is 4.74 Å². The van der Waals surface area contributed by atoms with Gasteiger partial charge in [-0.1, -0.05) is 18.2 Å². The van der Waals surface area contributed by atoms with Gasteiger partial charge in [-0.3, -0.25) is 14.4 Å². The number of phenolic OH excluding ortho intramolecular Hbond substituents is 9. The maximum Gasteiger partial charge on any atom is 0.343 e. The van der Waals surface area contributed by atoms with Crippen LogP contribution in [0, 0.1) is 0 Å². The Morgan fingerprint density at radius 1 is 0.527 bits per heavy atom. The molecule has 18 heteroatoms. The van der Waals surface area contributed by atoms with Crippen molar-refractivity contribution in [2.24, 2.45) is 0 Å². The number of ether oxygens (including phenoxy) is 4. The molecule has 0 spiro atoms. The van der Waals surface area contributed by atoms with Crippen LogP contribution in [0.2, 0.25) is 0 Å². The normalized spacial score (nSPS) is 19.2. The summed E-state index contributed by atoms with van der Waals surface area (Å²) in [4.78, 5) is 53.5. The molecule has 0 aliphatic heterocycles. The van der Waals surface area contributed by atoms with E-state index in [0.29, 0.717) is 0 Å². The highest BCUT2D eigenvalue weighted by Gasteiger charge is 2.55. The summed E-state index contributed by atoms with van der Waals surface area (Å²) in [5, 5.41) is 100. The van der Waals surface area contributed by atoms with Crippen molar-refractivity contribution in [2.45, 2.75) is 56.0 Å². The van der Waals surface area contributed by atoms with Crippen LogP contribution in [-0.2, 0) is 52.7 Å². The maximum absolute atomic E-state index is 13.5. The summed E-state index contributed by atoms with van der Waals surface area (Å²) in [6.45, 7) is 0. The van der Waals surface area contributed by atoms with Gasteiger partial charge in [-0.25, -0.2) is 4.79 Å². The van der Waals surface area contributed by atoms with Crippen LogP contribution in [0.25, 0.3) is 0 Å². The third kappa shape index (κ3) is 9.30. The molecule has 18 nitrogen and oxygen atoms in total. The Kier molecular flexibility index (Phi) is 11.3. The number of hydrogen-bond donors (Lipinski definition) is 10. The second-order valence-corrected chi connectivity index (χ2v) is 12.6. The van der Waals surface area contributed by atoms with Crippen molar-refractivity contribution < 1.29 is 89.2 Å². The number of esters is 4. The van der Waals surface area contributed by atoms with E-state index in [2.05, 4.69) is 0 Å². The number of rotatable bonds is 11. The zero-order valence-electron chi connectivity index (χ0n) is 28.4. The highest BCUT2D eigenvalue weighted by Crippen LogP contribution is 2.40. The zero-order valence-corrected chi connectivity index (χ0v) is 28.4. The number of para-hydroxylation sites is 1. The molecule has 0 aromatic heterocycles. The van der Waals surface area contributed by atoms with E-state index < -0.39 is 132 Å². The molecule has 2 unspecified atom stereocenters. The van der Waals surface area contributed by atoms with Crippen molar-refractivity contribution >= 4 is 23.9 Å². The lowest BCUT2D eigenvalue weighted by atomic mass is 9.79. The second-order valence-electron chi connectivity index (χ2n) is 12.6. The molecule has 55 heavy (non-hydrogen) atoms. The first-order chi connectivity index (χ1) is 25.9. The fourth-order valence-corrected chi connectivity index (χ4v) is 5.85. The van der Waals surface area contributed by atoms with E-state index in [0.717, 1.165) is 36.4 Å². The van der Waals surface area contributed by atoms with Crippen molar-refractivity contribution in [3.63, 3.8) is 0 Å². The fourth-order valence-electron chi connectivity index (χ4n) is 5.85. The minimum atomic E-state index is -2.60. The predicted molar refractivity (Wildman–Crippen MR) is 181 cm³/mol. The summed E-state index contributed by atoms with van der Waals surface area (Å²) in [7, 11) is 0. The number of carbonyl (C=O) groups excluding carboxylic acids is 4. The fraction of sp³-hybridized carbons (Fsp3) is 0.243. The average Bonchev–Trinajstić information content (AvgIpc) is 3.10. The molecule has 1 aliphatic carbocycles. The van der Waals surface area contributed by atoms with Gasteiger partial charge in [0.15, 0.2) is 63.5 Å². The number of benzene rings is 4. The quantitative estimate of drug-likeness (QED) is 0.0451. The SMILES string of the molecule is O=C(Cc1cc(O)c(O)c(O)c1)OC1[C@@H](OC(=O)Cc2cc(O)c(O)c(O)c2)CC(O)(C(=O)Oc2ccccc2)C[C@H]1OC(=O)Cc1cc(O)c(O)c(O)c1. The molecule has 0 heterocycles. The van der Waals surface area contributed by atoms with E-state index in [1.54, 1.807) is 6.07 Å². The Bertz CT molecular complexity index is 1960. The van der Waals surface area contributed by atoms with E-state index in [4.69, 9.17) is 18.9 Å². The number of aliphatic hydroxyl groups is 1. The van der Waals surface area contributed by atoms with Gasteiger partial charge in [0.2, 0.25) is 0 Å². The number of phenols is 9. The van der Waals surface area contributed by atoms with Gasteiger partial charge in [0.1, 0.15) is 18.0 Å². The summed E-state index contributed by atoms with van der Waals surface area (Å²) in [6, 6.07) is 13.1. The summed E-state index contributed by atoms with van der Waals surface area (Å²) in [6.07, 6.45) is -9.14. The molecule has 290 valence electrons. The highest BCUT2D eigenvalue weighted by atomic mass is 16.6. The van der Waals surface area contributed by atoms with Crippen molar-refractivity contribution in [1.82, 2.24) is 0 Å². The molecule has 0 bridgehead atoms. The first-order valence-corrected chi connectivity index (χ1v) is 16.2. The molecule has 0 saturated heterocycles. The predicted octanol–water partition coefficient (Wildman–Crippen LogP) is 1.93. The monoisotopic (exact) mass is 766 g/mol. The third-order valence-corrected chi connectivity index (χ3v) is 8.41. The molecule has 1 aliphatic rings. The minimum Gasteiger partial charge on any atom is -0.504 e. The first-order valence-electron chi connectivity index (χ1n) is 16.2. The van der Waals surface area contributed by atoms with Gasteiger partial charge >= 0.3 is 23.9 Å². The van der Waals surface area contributed by atoms with Crippen molar-refractivity contribution in [2.75, 3.05) is 0 Å². The molecule has 4 aromatic carbocycles. The van der Waals surface area contributed by atoms with Gasteiger partial charge in [-0.2, -0.15) is 0 Å². The lowest BCUT2D eigenvalue weighted by Crippen LogP contribution is -2.60. The van der Waals surface area contributed by atoms with Gasteiger partial charge in [0.25, 0.3) is 0 Å². The zero-order chi connectivity index (χ0) is 40.2. The van der Waals surface area contributed by atoms with Crippen LogP contribution in [0.3, 0.4) is 0 Å². The van der Waals surface area contributed by atoms with Crippen LogP contribution in [-0.4, -0.2) is 98.9 Å². The van der Waals surface area contributed by atoms with E-state index in [1.807, 2.05) is 0 Å². The lowest BCUT2D eigenvalue weighted by Gasteiger charge is -2.42. The van der Waals surface area contributed by atoms with Crippen molar-refractivity contribution in [3.05, 3.63) is 83.4 Å². The Morgan fingerprint density at radius 2 is 0.855 bits per heavy atom. The van der Waals surface area contributed by atoms with Crippen LogP contribution in [0.4, 0.5) is 0 Å². The summed E-state index contributed by atoms with van der Waals surface area (Å²) >= 11 is 0. The molecule has 1 fully saturated rings. The first kappa shape index (κ1) is 39.1. The number of aromatic hydroxyl groups is 9. The molecule has 1 saturated carbocycles. The van der Waals surface area contributed by atoms with Crippen LogP contribution >= 0.6 is 0 Å². The molecule has 4 aromatic rings. The molecular formula is C37H34O18. The third-order valence-electron chi connectivity index (χ3n) is 8.41. The maximum atomic E-state index is 13.5. The van der Waals surface area contributed by atoms with Gasteiger partial charge in [0.05, 0.1) is 19.3 Å². The molecule has 4 atom stereocenters. The van der Waals surface area contributed by atoms with Crippen LogP contribution in [0.1, 0.15) is 29.5 Å². The second kappa shape index (κ2) is 15.9. The van der Waals surface area contributed by atoms with Gasteiger partial charge < -0.3 is 70.0 Å². The Morgan fingerprint density at radius 3 is 1.20 bits per heavy atom. The van der Waals surface area contributed by atoms with Gasteiger partial charge in [-0.15, -0.1) is 0 Å². The molecule has 5 rings (SSSR count). The molecule has 0 amide bonds. The summed E-state index contributed by atoms with van der Waals surface area (Å²) in [5.41, 5.74) is -2.82. The van der Waals surface area contributed by atoms with E-state index in [1.165, 1.54) is 24.3 Å². The Labute approximate surface area is 309 Å². The van der Waals surface area contributed by atoms with E-state index in [9.17, 15) is 70.2 Å². The van der Waals surface area contributed by atoms with Crippen molar-refractivity contribution in [3.8, 4) is 57.5 Å². The van der Waals surface area contributed by atoms with Crippen LogP contribution in [0.5, 0.6) is 57.5 Å². The van der Waals surface area contributed by atoms with Gasteiger partial charge in [0, 0.05) is 12.8 Å². The largest absolute Gasteiger partial charge is 0.504 e. The molecule has 0 radical (unpaired) electrons. The number of hydrogen-bond acceptors (Lipinski definition) is 18. The van der Waals surface area contributed by atoms with Gasteiger partial charge in [-0.05, 0) is 65.2 Å². The van der Waals surface area contributed by atoms with E-state index >= 15 is 0 Å². The standard InChI is InChI=1S/C37H34O18/c38-21-6-17(7-22(39)32(21)47)12-29(44)53-27-15-37(51,36(50)52-20-4-2-1-3-5-20)16-28(54-30(45)13-18-8-23(40)33(48)24(41)9-18)35(27)55-31(46)14-19-10-25(42)34(49)26(43)11-19/h1-11,27-28,35,38-43,47-49,51H,12-16H2/t27-,28+,35?,37?. The smallest absolute Gasteiger partial charge is 0.343 e. The Hall–Kier alpha value is -7.08. The average molecular weight is 767 g/mol. The molecule has 10 N–H and O–H groups in total. The number of carbonyl (C=O) groups is 4. The van der Waals surface area contributed by atoms with E-state index in [-0.39, 0.29) is 22.4 Å². The highest BCUT2D eigenvalue weighted by molar-refractivity contribution is 5.83.